The molecule has 25 heavy (non-hydrogen) atoms. The quantitative estimate of drug-likeness (QED) is 0.459. The van der Waals surface area contributed by atoms with Crippen LogP contribution in [0.3, 0.4) is 0 Å². The molecule has 0 saturated carbocycles. The predicted octanol–water partition coefficient (Wildman–Crippen LogP) is 0.752. The summed E-state index contributed by atoms with van der Waals surface area (Å²) >= 11 is 0. The Bertz CT molecular complexity index is 819. The summed E-state index contributed by atoms with van der Waals surface area (Å²) in [5, 5.41) is 13.4. The van der Waals surface area contributed by atoms with Crippen molar-refractivity contribution in [1.29, 1.82) is 0 Å². The number of aryl methyl sites for hydroxylation is 1. The highest BCUT2D eigenvalue weighted by Crippen LogP contribution is 2.20. The monoisotopic (exact) mass is 370 g/mol. The van der Waals surface area contributed by atoms with Gasteiger partial charge in [0, 0.05) is 17.7 Å². The highest BCUT2D eigenvalue weighted by molar-refractivity contribution is 7.91. The predicted molar refractivity (Wildman–Crippen MR) is 87.9 cm³/mol. The summed E-state index contributed by atoms with van der Waals surface area (Å²) in [5.74, 6) is -1.61. The van der Waals surface area contributed by atoms with Gasteiger partial charge >= 0.3 is 5.97 Å². The highest BCUT2D eigenvalue weighted by Gasteiger charge is 2.31. The number of ether oxygens (including phenoxy) is 1. The van der Waals surface area contributed by atoms with Crippen LogP contribution in [0.25, 0.3) is 0 Å². The van der Waals surface area contributed by atoms with Crippen LogP contribution in [0, 0.1) is 17.0 Å². The number of benzene rings is 1. The Morgan fingerprint density at radius 1 is 1.40 bits per heavy atom. The molecule has 1 heterocycles. The first-order valence-corrected chi connectivity index (χ1v) is 9.38. The summed E-state index contributed by atoms with van der Waals surface area (Å²) in [6.07, 6.45) is -0.838. The molecule has 0 radical (unpaired) electrons. The molecule has 1 aromatic rings. The second-order valence-electron chi connectivity index (χ2n) is 5.91. The molecule has 0 bridgehead atoms. The van der Waals surface area contributed by atoms with Crippen LogP contribution in [0.4, 0.5) is 5.69 Å². The summed E-state index contributed by atoms with van der Waals surface area (Å²) in [4.78, 5) is 34.4. The normalized spacial score (nSPS) is 19.8. The molecular weight excluding hydrogens is 352 g/mol. The zero-order valence-corrected chi connectivity index (χ0v) is 14.5. The summed E-state index contributed by atoms with van der Waals surface area (Å²) in [5.41, 5.74) is 0.137. The lowest BCUT2D eigenvalue weighted by Crippen LogP contribution is -2.42. The smallest absolute Gasteiger partial charge is 0.339 e. The van der Waals surface area contributed by atoms with E-state index in [4.69, 9.17) is 4.74 Å². The standard InChI is InChI=1S/C15H18N2O7S/c1-9-3-4-11(7-13(9)17(20)21)15(19)24-10(2)14(18)16-12-5-6-25(22,23)8-12/h3-4,7,10,12H,5-6,8H2,1-2H3,(H,16,18)/t10-,12+/m0/s1. The molecular formula is C15H18N2O7S. The first-order valence-electron chi connectivity index (χ1n) is 7.56. The molecule has 2 atom stereocenters. The minimum atomic E-state index is -3.14. The van der Waals surface area contributed by atoms with Crippen LogP contribution in [-0.2, 0) is 19.4 Å². The van der Waals surface area contributed by atoms with Crippen LogP contribution < -0.4 is 5.32 Å². The van der Waals surface area contributed by atoms with Gasteiger partial charge in [-0.25, -0.2) is 13.2 Å². The summed E-state index contributed by atoms with van der Waals surface area (Å²) < 4.78 is 27.8. The number of hydrogen-bond acceptors (Lipinski definition) is 7. The van der Waals surface area contributed by atoms with E-state index in [1.807, 2.05) is 0 Å². The maximum Gasteiger partial charge on any atom is 0.339 e. The molecule has 2 rings (SSSR count). The number of carbonyl (C=O) groups is 2. The van der Waals surface area contributed by atoms with E-state index in [1.165, 1.54) is 19.1 Å². The molecule has 0 aromatic heterocycles. The molecule has 9 nitrogen and oxygen atoms in total. The van der Waals surface area contributed by atoms with E-state index >= 15 is 0 Å². The number of sulfone groups is 1. The number of nitro groups is 1. The second-order valence-corrected chi connectivity index (χ2v) is 8.14. The third-order valence-corrected chi connectivity index (χ3v) is 5.64. The van der Waals surface area contributed by atoms with Crippen molar-refractivity contribution < 1.29 is 27.7 Å². The maximum absolute atomic E-state index is 12.1. The molecule has 136 valence electrons. The molecule has 10 heteroatoms. The van der Waals surface area contributed by atoms with Crippen LogP contribution in [0.5, 0.6) is 0 Å². The molecule has 1 aliphatic heterocycles. The number of hydrogen-bond donors (Lipinski definition) is 1. The maximum atomic E-state index is 12.1. The van der Waals surface area contributed by atoms with Crippen molar-refractivity contribution in [3.63, 3.8) is 0 Å². The van der Waals surface area contributed by atoms with Gasteiger partial charge in [0.25, 0.3) is 11.6 Å². The number of rotatable bonds is 5. The van der Waals surface area contributed by atoms with Crippen molar-refractivity contribution in [2.45, 2.75) is 32.4 Å². The number of nitrogens with one attached hydrogen (secondary N) is 1. The van der Waals surface area contributed by atoms with Crippen molar-refractivity contribution in [3.05, 3.63) is 39.4 Å². The van der Waals surface area contributed by atoms with Crippen LogP contribution in [0.2, 0.25) is 0 Å². The molecule has 1 saturated heterocycles. The summed E-state index contributed by atoms with van der Waals surface area (Å²) in [6.45, 7) is 2.89. The lowest BCUT2D eigenvalue weighted by atomic mass is 10.1. The average molecular weight is 370 g/mol. The fourth-order valence-electron chi connectivity index (χ4n) is 2.44. The van der Waals surface area contributed by atoms with Crippen molar-refractivity contribution in [3.8, 4) is 0 Å². The van der Waals surface area contributed by atoms with Gasteiger partial charge in [-0.1, -0.05) is 6.07 Å². The van der Waals surface area contributed by atoms with Gasteiger partial charge in [0.1, 0.15) is 0 Å². The second kappa shape index (κ2) is 7.18. The average Bonchev–Trinajstić information content (AvgIpc) is 2.85. The Labute approximate surface area is 144 Å². The zero-order valence-electron chi connectivity index (χ0n) is 13.7. The van der Waals surface area contributed by atoms with E-state index in [0.717, 1.165) is 6.07 Å². The minimum Gasteiger partial charge on any atom is -0.449 e. The molecule has 1 fully saturated rings. The minimum absolute atomic E-state index is 0.0130. The summed E-state index contributed by atoms with van der Waals surface area (Å²) in [7, 11) is -3.14. The van der Waals surface area contributed by atoms with Gasteiger partial charge in [-0.15, -0.1) is 0 Å². The van der Waals surface area contributed by atoms with Crippen molar-refractivity contribution >= 4 is 27.4 Å². The third kappa shape index (κ3) is 4.75. The van der Waals surface area contributed by atoms with Crippen molar-refractivity contribution in [1.82, 2.24) is 5.32 Å². The van der Waals surface area contributed by atoms with Gasteiger partial charge in [0.2, 0.25) is 0 Å². The Morgan fingerprint density at radius 2 is 2.08 bits per heavy atom. The Balaban J connectivity index is 1.99. The molecule has 0 unspecified atom stereocenters. The SMILES string of the molecule is Cc1ccc(C(=O)O[C@@H](C)C(=O)N[C@@H]2CCS(=O)(=O)C2)cc1[N+](=O)[O-]. The van der Waals surface area contributed by atoms with Crippen LogP contribution in [-0.4, -0.2) is 48.9 Å². The molecule has 1 aromatic carbocycles. The van der Waals surface area contributed by atoms with E-state index in [9.17, 15) is 28.1 Å². The number of amides is 1. The van der Waals surface area contributed by atoms with Gasteiger partial charge in [-0.2, -0.15) is 0 Å². The fourth-order valence-corrected chi connectivity index (χ4v) is 4.12. The third-order valence-electron chi connectivity index (χ3n) is 3.87. The largest absolute Gasteiger partial charge is 0.449 e. The summed E-state index contributed by atoms with van der Waals surface area (Å²) in [6, 6.07) is 3.38. The first kappa shape index (κ1) is 18.8. The van der Waals surface area contributed by atoms with E-state index in [0.29, 0.717) is 12.0 Å². The Morgan fingerprint density at radius 3 is 2.64 bits per heavy atom. The van der Waals surface area contributed by atoms with Gasteiger partial charge in [0.05, 0.1) is 22.0 Å². The molecule has 0 aliphatic carbocycles. The zero-order chi connectivity index (χ0) is 18.8. The van der Waals surface area contributed by atoms with Gasteiger partial charge < -0.3 is 10.1 Å². The van der Waals surface area contributed by atoms with Gasteiger partial charge in [-0.3, -0.25) is 14.9 Å². The topological polar surface area (TPSA) is 133 Å². The number of nitro benzene ring substituents is 1. The lowest BCUT2D eigenvalue weighted by Gasteiger charge is -2.16. The molecule has 0 spiro atoms. The van der Waals surface area contributed by atoms with Crippen LogP contribution in [0.1, 0.15) is 29.3 Å². The Hall–Kier alpha value is -2.49. The lowest BCUT2D eigenvalue weighted by molar-refractivity contribution is -0.385. The van der Waals surface area contributed by atoms with E-state index in [1.54, 1.807) is 6.92 Å². The fraction of sp³-hybridized carbons (Fsp3) is 0.467. The highest BCUT2D eigenvalue weighted by atomic mass is 32.2. The molecule has 1 aliphatic rings. The van der Waals surface area contributed by atoms with Crippen LogP contribution in [0.15, 0.2) is 18.2 Å². The number of esters is 1. The van der Waals surface area contributed by atoms with E-state index in [2.05, 4.69) is 5.32 Å². The Kier molecular flexibility index (Phi) is 5.41. The van der Waals surface area contributed by atoms with E-state index < -0.39 is 38.8 Å². The number of carbonyl (C=O) groups excluding carboxylic acids is 2. The van der Waals surface area contributed by atoms with Gasteiger partial charge in [0.15, 0.2) is 15.9 Å². The molecule has 1 N–H and O–H groups in total. The molecule has 1 amide bonds. The van der Waals surface area contributed by atoms with Crippen molar-refractivity contribution in [2.75, 3.05) is 11.5 Å². The number of nitrogens with zero attached hydrogens (tertiary/aromatic N) is 1. The van der Waals surface area contributed by atoms with E-state index in [-0.39, 0.29) is 22.8 Å². The van der Waals surface area contributed by atoms with Gasteiger partial charge in [-0.05, 0) is 26.3 Å². The van der Waals surface area contributed by atoms with Crippen LogP contribution >= 0.6 is 0 Å². The first-order chi connectivity index (χ1) is 11.6. The van der Waals surface area contributed by atoms with Crippen molar-refractivity contribution in [2.24, 2.45) is 0 Å².